The maximum absolute atomic E-state index is 10.9. The van der Waals surface area contributed by atoms with Crippen LogP contribution in [0.3, 0.4) is 0 Å². The van der Waals surface area contributed by atoms with Crippen molar-refractivity contribution in [3.63, 3.8) is 0 Å². The molecule has 0 aromatic rings. The molecule has 3 heteroatoms. The molecule has 11 heavy (non-hydrogen) atoms. The summed E-state index contributed by atoms with van der Waals surface area (Å²) in [6.45, 7) is 1.90. The number of carbonyl (C=O) groups is 1. The highest BCUT2D eigenvalue weighted by atomic mass is 16.5. The van der Waals surface area contributed by atoms with Crippen molar-refractivity contribution in [3.8, 4) is 6.07 Å². The number of methoxy groups -OCH3 is 1. The molecular weight excluding hydrogens is 142 g/mol. The van der Waals surface area contributed by atoms with E-state index in [4.69, 9.17) is 5.26 Å². The van der Waals surface area contributed by atoms with Gasteiger partial charge in [0.2, 0.25) is 0 Å². The van der Waals surface area contributed by atoms with E-state index >= 15 is 0 Å². The number of hydrogen-bond donors (Lipinski definition) is 0. The lowest BCUT2D eigenvalue weighted by molar-refractivity contribution is -0.136. The Balaban J connectivity index is 4.24. The van der Waals surface area contributed by atoms with Crippen molar-refractivity contribution < 1.29 is 9.53 Å². The number of esters is 1. The molecule has 0 aliphatic heterocycles. The highest BCUT2D eigenvalue weighted by molar-refractivity contribution is 5.88. The van der Waals surface area contributed by atoms with Crippen LogP contribution in [0.25, 0.3) is 0 Å². The first-order valence-electron chi connectivity index (χ1n) is 3.40. The quantitative estimate of drug-likeness (QED) is 0.455. The summed E-state index contributed by atoms with van der Waals surface area (Å²) in [6, 6.07) is 1.90. The third kappa shape index (κ3) is 3.41. The average molecular weight is 153 g/mol. The van der Waals surface area contributed by atoms with Gasteiger partial charge in [0.15, 0.2) is 0 Å². The molecule has 0 fully saturated rings. The first kappa shape index (κ1) is 9.70. The average Bonchev–Trinajstić information content (AvgIpc) is 2.03. The van der Waals surface area contributed by atoms with E-state index in [9.17, 15) is 4.79 Å². The highest BCUT2D eigenvalue weighted by Crippen LogP contribution is 2.03. The third-order valence-electron chi connectivity index (χ3n) is 1.17. The molecule has 60 valence electrons. The predicted molar refractivity (Wildman–Crippen MR) is 40.6 cm³/mol. The van der Waals surface area contributed by atoms with Gasteiger partial charge in [-0.3, -0.25) is 0 Å². The molecule has 0 saturated carbocycles. The lowest BCUT2D eigenvalue weighted by Crippen LogP contribution is -2.03. The fourth-order valence-electron chi connectivity index (χ4n) is 0.690. The molecule has 0 aromatic carbocycles. The van der Waals surface area contributed by atoms with Crippen LogP contribution in [0.5, 0.6) is 0 Å². The van der Waals surface area contributed by atoms with Crippen molar-refractivity contribution >= 4 is 5.97 Å². The lowest BCUT2D eigenvalue weighted by atomic mass is 10.2. The van der Waals surface area contributed by atoms with Gasteiger partial charge in [0.05, 0.1) is 19.6 Å². The van der Waals surface area contributed by atoms with Crippen molar-refractivity contribution in [1.29, 1.82) is 5.26 Å². The highest BCUT2D eigenvalue weighted by Gasteiger charge is 2.06. The van der Waals surface area contributed by atoms with Crippen molar-refractivity contribution in [2.45, 2.75) is 19.8 Å². The van der Waals surface area contributed by atoms with Gasteiger partial charge in [-0.15, -0.1) is 0 Å². The van der Waals surface area contributed by atoms with Gasteiger partial charge in [-0.2, -0.15) is 5.26 Å². The molecule has 0 saturated heterocycles. The van der Waals surface area contributed by atoms with Crippen LogP contribution in [0.4, 0.5) is 0 Å². The molecule has 0 atom stereocenters. The summed E-state index contributed by atoms with van der Waals surface area (Å²) in [4.78, 5) is 10.9. The van der Waals surface area contributed by atoms with E-state index in [1.165, 1.54) is 7.11 Å². The normalized spacial score (nSPS) is 10.5. The Hall–Kier alpha value is -1.30. The summed E-state index contributed by atoms with van der Waals surface area (Å²) in [7, 11) is 1.31. The largest absolute Gasteiger partial charge is 0.466 e. The number of allylic oxidation sites excluding steroid dienone is 1. The molecule has 0 bridgehead atoms. The number of nitrogens with zero attached hydrogens (tertiary/aromatic N) is 1. The first-order valence-corrected chi connectivity index (χ1v) is 3.40. The molecule has 0 aliphatic rings. The Morgan fingerprint density at radius 3 is 2.73 bits per heavy atom. The van der Waals surface area contributed by atoms with E-state index in [2.05, 4.69) is 4.74 Å². The molecule has 0 unspecified atom stereocenters. The Morgan fingerprint density at radius 2 is 2.36 bits per heavy atom. The summed E-state index contributed by atoms with van der Waals surface area (Å²) >= 11 is 0. The Morgan fingerprint density at radius 1 is 1.73 bits per heavy atom. The predicted octanol–water partition coefficient (Wildman–Crippen LogP) is 1.41. The molecule has 0 amide bonds. The van der Waals surface area contributed by atoms with Gasteiger partial charge in [0, 0.05) is 5.57 Å². The zero-order valence-electron chi connectivity index (χ0n) is 6.76. The maximum atomic E-state index is 10.9. The zero-order valence-corrected chi connectivity index (χ0v) is 6.76. The Labute approximate surface area is 66.3 Å². The van der Waals surface area contributed by atoms with Crippen LogP contribution < -0.4 is 0 Å². The molecule has 0 aromatic heterocycles. The van der Waals surface area contributed by atoms with Crippen molar-refractivity contribution in [1.82, 2.24) is 0 Å². The second kappa shape index (κ2) is 5.48. The monoisotopic (exact) mass is 153 g/mol. The van der Waals surface area contributed by atoms with Gasteiger partial charge in [0.1, 0.15) is 0 Å². The number of nitriles is 1. The van der Waals surface area contributed by atoms with E-state index in [0.717, 1.165) is 6.42 Å². The number of ether oxygens (including phenoxy) is 1. The third-order valence-corrected chi connectivity index (χ3v) is 1.17. The van der Waals surface area contributed by atoms with Crippen molar-refractivity contribution in [3.05, 3.63) is 11.6 Å². The van der Waals surface area contributed by atoms with E-state index in [0.29, 0.717) is 5.57 Å². The van der Waals surface area contributed by atoms with Crippen LogP contribution in [0.15, 0.2) is 11.6 Å². The summed E-state index contributed by atoms with van der Waals surface area (Å²) in [5, 5.41) is 8.31. The van der Waals surface area contributed by atoms with Gasteiger partial charge in [0.25, 0.3) is 0 Å². The van der Waals surface area contributed by atoms with Gasteiger partial charge < -0.3 is 4.74 Å². The van der Waals surface area contributed by atoms with Crippen LogP contribution in [-0.4, -0.2) is 13.1 Å². The van der Waals surface area contributed by atoms with E-state index in [-0.39, 0.29) is 6.42 Å². The van der Waals surface area contributed by atoms with E-state index < -0.39 is 5.97 Å². The molecule has 0 rings (SSSR count). The minimum atomic E-state index is -0.409. The van der Waals surface area contributed by atoms with Crippen molar-refractivity contribution in [2.75, 3.05) is 7.11 Å². The first-order chi connectivity index (χ1) is 5.26. The smallest absolute Gasteiger partial charge is 0.334 e. The Bertz CT molecular complexity index is 201. The molecular formula is C8H11NO2. The van der Waals surface area contributed by atoms with Gasteiger partial charge in [-0.05, 0) is 6.42 Å². The lowest BCUT2D eigenvalue weighted by Gasteiger charge is -1.98. The standard InChI is InChI=1S/C8H11NO2/c1-3-4-7(5-6-9)8(10)11-2/h4H,3,5H2,1-2H3/b7-4-. The van der Waals surface area contributed by atoms with Gasteiger partial charge in [-0.1, -0.05) is 13.0 Å². The fourth-order valence-corrected chi connectivity index (χ4v) is 0.690. The minimum Gasteiger partial charge on any atom is -0.466 e. The topological polar surface area (TPSA) is 50.1 Å². The maximum Gasteiger partial charge on any atom is 0.334 e. The van der Waals surface area contributed by atoms with Gasteiger partial charge in [-0.25, -0.2) is 4.79 Å². The van der Waals surface area contributed by atoms with Gasteiger partial charge >= 0.3 is 5.97 Å². The summed E-state index contributed by atoms with van der Waals surface area (Å²) < 4.78 is 4.46. The summed E-state index contributed by atoms with van der Waals surface area (Å²) in [5.74, 6) is -0.409. The van der Waals surface area contributed by atoms with E-state index in [1.54, 1.807) is 6.08 Å². The SMILES string of the molecule is CC/C=C(/CC#N)C(=O)OC. The van der Waals surface area contributed by atoms with Crippen LogP contribution in [0.2, 0.25) is 0 Å². The molecule has 0 aliphatic carbocycles. The van der Waals surface area contributed by atoms with Crippen LogP contribution in [0, 0.1) is 11.3 Å². The molecule has 3 nitrogen and oxygen atoms in total. The number of carbonyl (C=O) groups excluding carboxylic acids is 1. The molecule has 0 radical (unpaired) electrons. The van der Waals surface area contributed by atoms with Crippen LogP contribution >= 0.6 is 0 Å². The second-order valence-corrected chi connectivity index (χ2v) is 1.96. The molecule has 0 spiro atoms. The van der Waals surface area contributed by atoms with Crippen LogP contribution in [-0.2, 0) is 9.53 Å². The Kier molecular flexibility index (Phi) is 4.83. The van der Waals surface area contributed by atoms with Crippen molar-refractivity contribution in [2.24, 2.45) is 0 Å². The molecule has 0 N–H and O–H groups in total. The zero-order chi connectivity index (χ0) is 8.69. The molecule has 0 heterocycles. The summed E-state index contributed by atoms with van der Waals surface area (Å²) in [5.41, 5.74) is 0.442. The summed E-state index contributed by atoms with van der Waals surface area (Å²) in [6.07, 6.45) is 2.57. The second-order valence-electron chi connectivity index (χ2n) is 1.96. The van der Waals surface area contributed by atoms with Crippen LogP contribution in [0.1, 0.15) is 19.8 Å². The minimum absolute atomic E-state index is 0.126. The number of rotatable bonds is 3. The van der Waals surface area contributed by atoms with E-state index in [1.807, 2.05) is 13.0 Å². The fraction of sp³-hybridized carbons (Fsp3) is 0.500. The number of hydrogen-bond acceptors (Lipinski definition) is 3.